The smallest absolute Gasteiger partial charge is 0.410 e. The number of piperazine rings is 1. The van der Waals surface area contributed by atoms with Crippen molar-refractivity contribution in [2.45, 2.75) is 56.9 Å². The van der Waals surface area contributed by atoms with Crippen LogP contribution in [0.4, 0.5) is 4.79 Å². The van der Waals surface area contributed by atoms with Crippen LogP contribution in [0, 0.1) is 0 Å². The maximum Gasteiger partial charge on any atom is 0.410 e. The Morgan fingerprint density at radius 2 is 1.85 bits per heavy atom. The van der Waals surface area contributed by atoms with Crippen LogP contribution in [0.5, 0.6) is 0 Å². The van der Waals surface area contributed by atoms with Gasteiger partial charge < -0.3 is 14.5 Å². The van der Waals surface area contributed by atoms with Gasteiger partial charge in [0, 0.05) is 48.9 Å². The molecule has 0 aliphatic carbocycles. The average Bonchev–Trinajstić information content (AvgIpc) is 3.17. The standard InChI is InChI=1S/C23H32ClN3O5S2/c1-6-25(7-2)20(28)14-18-15-26(10-11-27(18)22(29)32-23(3,4)5)34(30,31)21-12-16-8-9-17(24)13-19(16)33-21/h8-9,12-13,18H,6-7,10-11,14-15H2,1-5H3. The zero-order valence-corrected chi connectivity index (χ0v) is 22.6. The topological polar surface area (TPSA) is 87.2 Å². The van der Waals surface area contributed by atoms with Gasteiger partial charge in [-0.1, -0.05) is 17.7 Å². The normalized spacial score (nSPS) is 17.7. The number of hydrogen-bond acceptors (Lipinski definition) is 6. The summed E-state index contributed by atoms with van der Waals surface area (Å²) in [4.78, 5) is 28.9. The van der Waals surface area contributed by atoms with Gasteiger partial charge in [0.05, 0.1) is 6.04 Å². The minimum Gasteiger partial charge on any atom is -0.444 e. The highest BCUT2D eigenvalue weighted by molar-refractivity contribution is 7.91. The Balaban J connectivity index is 1.88. The van der Waals surface area contributed by atoms with E-state index in [1.54, 1.807) is 49.9 Å². The van der Waals surface area contributed by atoms with E-state index in [0.29, 0.717) is 18.1 Å². The lowest BCUT2D eigenvalue weighted by Gasteiger charge is -2.41. The van der Waals surface area contributed by atoms with Crippen molar-refractivity contribution in [3.8, 4) is 0 Å². The van der Waals surface area contributed by atoms with Gasteiger partial charge in [-0.3, -0.25) is 4.79 Å². The molecule has 3 rings (SSSR count). The van der Waals surface area contributed by atoms with E-state index in [9.17, 15) is 18.0 Å². The van der Waals surface area contributed by atoms with Crippen LogP contribution in [-0.2, 0) is 19.6 Å². The Morgan fingerprint density at radius 1 is 1.18 bits per heavy atom. The van der Waals surface area contributed by atoms with Gasteiger partial charge in [0.25, 0.3) is 10.0 Å². The van der Waals surface area contributed by atoms with Gasteiger partial charge in [0.2, 0.25) is 5.91 Å². The van der Waals surface area contributed by atoms with Crippen molar-refractivity contribution in [3.05, 3.63) is 29.3 Å². The monoisotopic (exact) mass is 529 g/mol. The van der Waals surface area contributed by atoms with Crippen LogP contribution < -0.4 is 0 Å². The summed E-state index contributed by atoms with van der Waals surface area (Å²) >= 11 is 7.22. The lowest BCUT2D eigenvalue weighted by atomic mass is 10.1. The van der Waals surface area contributed by atoms with Crippen molar-refractivity contribution in [2.24, 2.45) is 0 Å². The summed E-state index contributed by atoms with van der Waals surface area (Å²) in [7, 11) is -3.82. The van der Waals surface area contributed by atoms with E-state index in [0.717, 1.165) is 21.4 Å². The number of hydrogen-bond donors (Lipinski definition) is 0. The van der Waals surface area contributed by atoms with Crippen molar-refractivity contribution in [1.82, 2.24) is 14.1 Å². The fourth-order valence-corrected chi connectivity index (χ4v) is 7.22. The van der Waals surface area contributed by atoms with Crippen LogP contribution in [0.15, 0.2) is 28.5 Å². The molecule has 1 atom stereocenters. The minimum absolute atomic E-state index is 0.0174. The maximum absolute atomic E-state index is 13.5. The van der Waals surface area contributed by atoms with Gasteiger partial charge in [0.1, 0.15) is 9.81 Å². The van der Waals surface area contributed by atoms with Crippen LogP contribution in [0.25, 0.3) is 10.1 Å². The van der Waals surface area contributed by atoms with Crippen molar-refractivity contribution in [1.29, 1.82) is 0 Å². The number of fused-ring (bicyclic) bond motifs is 1. The summed E-state index contributed by atoms with van der Waals surface area (Å²) in [5.74, 6) is -0.126. The molecule has 0 radical (unpaired) electrons. The third kappa shape index (κ3) is 6.02. The summed E-state index contributed by atoms with van der Waals surface area (Å²) in [6.45, 7) is 10.5. The van der Waals surface area contributed by atoms with Crippen molar-refractivity contribution >= 4 is 55.0 Å². The molecule has 2 aromatic rings. The molecular weight excluding hydrogens is 498 g/mol. The third-order valence-electron chi connectivity index (χ3n) is 5.65. The van der Waals surface area contributed by atoms with E-state index in [-0.39, 0.29) is 36.2 Å². The summed E-state index contributed by atoms with van der Waals surface area (Å²) < 4.78 is 34.9. The number of thiophene rings is 1. The SMILES string of the molecule is CCN(CC)C(=O)CC1CN(S(=O)(=O)c2cc3ccc(Cl)cc3s2)CCN1C(=O)OC(C)(C)C. The van der Waals surface area contributed by atoms with E-state index in [2.05, 4.69) is 0 Å². The summed E-state index contributed by atoms with van der Waals surface area (Å²) in [5, 5.41) is 1.34. The zero-order chi connectivity index (χ0) is 25.3. The van der Waals surface area contributed by atoms with Gasteiger partial charge in [-0.15, -0.1) is 11.3 Å². The van der Waals surface area contributed by atoms with Crippen LogP contribution >= 0.6 is 22.9 Å². The van der Waals surface area contributed by atoms with Crippen LogP contribution in [0.2, 0.25) is 5.02 Å². The highest BCUT2D eigenvalue weighted by Crippen LogP contribution is 2.33. The average molecular weight is 530 g/mol. The minimum atomic E-state index is -3.82. The molecule has 1 saturated heterocycles. The highest BCUT2D eigenvalue weighted by atomic mass is 35.5. The van der Waals surface area contributed by atoms with Crippen molar-refractivity contribution in [3.63, 3.8) is 0 Å². The molecule has 0 N–H and O–H groups in total. The van der Waals surface area contributed by atoms with E-state index in [1.807, 2.05) is 13.8 Å². The quantitative estimate of drug-likeness (QED) is 0.552. The second kappa shape index (κ2) is 10.4. The molecule has 1 aromatic carbocycles. The molecule has 1 aliphatic rings. The highest BCUT2D eigenvalue weighted by Gasteiger charge is 2.39. The van der Waals surface area contributed by atoms with E-state index >= 15 is 0 Å². The molecule has 0 bridgehead atoms. The maximum atomic E-state index is 13.5. The number of ether oxygens (including phenoxy) is 1. The van der Waals surface area contributed by atoms with Gasteiger partial charge in [-0.2, -0.15) is 4.31 Å². The lowest BCUT2D eigenvalue weighted by molar-refractivity contribution is -0.132. The Morgan fingerprint density at radius 3 is 2.47 bits per heavy atom. The molecule has 0 spiro atoms. The number of rotatable bonds is 6. The Bertz CT molecular complexity index is 1160. The number of halogens is 1. The Labute approximate surface area is 210 Å². The third-order valence-corrected chi connectivity index (χ3v) is 9.30. The van der Waals surface area contributed by atoms with Gasteiger partial charge in [0.15, 0.2) is 0 Å². The summed E-state index contributed by atoms with van der Waals surface area (Å²) in [6, 6.07) is 6.27. The number of sulfonamides is 1. The molecular formula is C23H32ClN3O5S2. The number of carbonyl (C=O) groups excluding carboxylic acids is 2. The first-order chi connectivity index (χ1) is 15.9. The van der Waals surface area contributed by atoms with E-state index in [4.69, 9.17) is 16.3 Å². The van der Waals surface area contributed by atoms with Crippen molar-refractivity contribution < 1.29 is 22.7 Å². The molecule has 0 saturated carbocycles. The molecule has 1 fully saturated rings. The van der Waals surface area contributed by atoms with Crippen LogP contribution in [-0.4, -0.2) is 78.9 Å². The number of carbonyl (C=O) groups is 2. The largest absolute Gasteiger partial charge is 0.444 e. The first-order valence-electron chi connectivity index (χ1n) is 11.3. The van der Waals surface area contributed by atoms with Crippen LogP contribution in [0.1, 0.15) is 41.0 Å². The summed E-state index contributed by atoms with van der Waals surface area (Å²) in [6.07, 6.45) is -0.520. The second-order valence-corrected chi connectivity index (χ2v) is 12.9. The van der Waals surface area contributed by atoms with E-state index in [1.165, 1.54) is 9.21 Å². The number of benzene rings is 1. The fraction of sp³-hybridized carbons (Fsp3) is 0.565. The lowest BCUT2D eigenvalue weighted by Crippen LogP contribution is -2.58. The molecule has 1 aliphatic heterocycles. The molecule has 34 heavy (non-hydrogen) atoms. The van der Waals surface area contributed by atoms with Crippen LogP contribution in [0.3, 0.4) is 0 Å². The molecule has 188 valence electrons. The first-order valence-corrected chi connectivity index (χ1v) is 14.0. The molecule has 8 nitrogen and oxygen atoms in total. The second-order valence-electron chi connectivity index (χ2n) is 9.21. The first kappa shape index (κ1) is 26.7. The molecule has 1 unspecified atom stereocenters. The van der Waals surface area contributed by atoms with E-state index < -0.39 is 27.8 Å². The van der Waals surface area contributed by atoms with Crippen molar-refractivity contribution in [2.75, 3.05) is 32.7 Å². The van der Waals surface area contributed by atoms with Gasteiger partial charge in [-0.25, -0.2) is 13.2 Å². The predicted octanol–water partition coefficient (Wildman–Crippen LogP) is 4.42. The van der Waals surface area contributed by atoms with Gasteiger partial charge in [-0.05, 0) is 58.2 Å². The number of amides is 2. The van der Waals surface area contributed by atoms with Gasteiger partial charge >= 0.3 is 6.09 Å². The summed E-state index contributed by atoms with van der Waals surface area (Å²) in [5.41, 5.74) is -0.702. The fourth-order valence-electron chi connectivity index (χ4n) is 3.92. The molecule has 11 heteroatoms. The molecule has 1 aromatic heterocycles. The molecule has 2 heterocycles. The Kier molecular flexibility index (Phi) is 8.17. The molecule has 2 amide bonds. The predicted molar refractivity (Wildman–Crippen MR) is 135 cm³/mol. The number of nitrogens with zero attached hydrogens (tertiary/aromatic N) is 3. The zero-order valence-electron chi connectivity index (χ0n) is 20.2. The Hall–Kier alpha value is -1.88.